The van der Waals surface area contributed by atoms with Gasteiger partial charge in [0.05, 0.1) is 24.3 Å². The van der Waals surface area contributed by atoms with Crippen molar-refractivity contribution in [3.63, 3.8) is 0 Å². The average molecular weight is 408 g/mol. The van der Waals surface area contributed by atoms with Gasteiger partial charge in [0.25, 0.3) is 0 Å². The minimum absolute atomic E-state index is 0.261. The Morgan fingerprint density at radius 2 is 2.07 bits per heavy atom. The molecular weight excluding hydrogens is 385 g/mol. The van der Waals surface area contributed by atoms with Crippen molar-refractivity contribution in [2.24, 2.45) is 4.99 Å². The maximum Gasteiger partial charge on any atom is 0.416 e. The first-order valence-electron chi connectivity index (χ1n) is 8.92. The molecule has 2 rings (SSSR count). The summed E-state index contributed by atoms with van der Waals surface area (Å²) < 4.78 is 38.2. The quantitative estimate of drug-likeness (QED) is 0.438. The fourth-order valence-electron chi connectivity index (χ4n) is 2.20. The standard InChI is InChI=1S/C20H23F3N4S/c1-4-24-19(26-12-18-27-17(13-28-18)14(2)3)25-10-6-8-15-7-5-9-16(11-15)20(21,22)23/h5,7,9,11,13-14H,4,10,12H2,1-3H3,(H2,24,25,26). The predicted molar refractivity (Wildman–Crippen MR) is 107 cm³/mol. The van der Waals surface area contributed by atoms with Crippen molar-refractivity contribution >= 4 is 17.3 Å². The van der Waals surface area contributed by atoms with Crippen LogP contribution >= 0.6 is 11.3 Å². The van der Waals surface area contributed by atoms with E-state index in [1.165, 1.54) is 6.07 Å². The van der Waals surface area contributed by atoms with E-state index in [1.807, 2.05) is 12.3 Å². The van der Waals surface area contributed by atoms with E-state index in [1.54, 1.807) is 17.4 Å². The van der Waals surface area contributed by atoms with Gasteiger partial charge < -0.3 is 10.6 Å². The van der Waals surface area contributed by atoms with Gasteiger partial charge in [-0.25, -0.2) is 9.98 Å². The topological polar surface area (TPSA) is 49.3 Å². The molecule has 0 saturated heterocycles. The third-order valence-electron chi connectivity index (χ3n) is 3.64. The van der Waals surface area contributed by atoms with Crippen LogP contribution in [0.15, 0.2) is 34.6 Å². The molecule has 0 unspecified atom stereocenters. The summed E-state index contributed by atoms with van der Waals surface area (Å²) in [6.45, 7) is 7.53. The van der Waals surface area contributed by atoms with Crippen molar-refractivity contribution in [2.45, 2.75) is 39.4 Å². The molecule has 150 valence electrons. The lowest BCUT2D eigenvalue weighted by atomic mass is 10.1. The van der Waals surface area contributed by atoms with E-state index in [0.717, 1.165) is 22.8 Å². The molecule has 2 N–H and O–H groups in total. The summed E-state index contributed by atoms with van der Waals surface area (Å²) in [5.74, 6) is 6.53. The van der Waals surface area contributed by atoms with E-state index in [0.29, 0.717) is 30.5 Å². The maximum absolute atomic E-state index is 12.7. The van der Waals surface area contributed by atoms with Crippen molar-refractivity contribution in [3.05, 3.63) is 51.5 Å². The Morgan fingerprint density at radius 3 is 2.71 bits per heavy atom. The van der Waals surface area contributed by atoms with Crippen molar-refractivity contribution in [2.75, 3.05) is 13.1 Å². The van der Waals surface area contributed by atoms with Gasteiger partial charge in [0.2, 0.25) is 0 Å². The number of alkyl halides is 3. The third kappa shape index (κ3) is 6.89. The van der Waals surface area contributed by atoms with Crippen molar-refractivity contribution in [1.29, 1.82) is 0 Å². The molecule has 0 amide bonds. The van der Waals surface area contributed by atoms with E-state index in [2.05, 4.69) is 46.3 Å². The van der Waals surface area contributed by atoms with E-state index in [9.17, 15) is 13.2 Å². The van der Waals surface area contributed by atoms with Gasteiger partial charge in [0.1, 0.15) is 5.01 Å². The molecule has 1 heterocycles. The molecule has 0 fully saturated rings. The van der Waals surface area contributed by atoms with E-state index >= 15 is 0 Å². The Labute approximate surface area is 167 Å². The summed E-state index contributed by atoms with van der Waals surface area (Å²) in [6.07, 6.45) is -4.37. The number of guanidine groups is 1. The molecule has 2 aromatic rings. The summed E-state index contributed by atoms with van der Waals surface area (Å²) in [4.78, 5) is 9.02. The molecule has 0 aliphatic heterocycles. The zero-order valence-electron chi connectivity index (χ0n) is 16.0. The molecule has 4 nitrogen and oxygen atoms in total. The SMILES string of the molecule is CCNC(=NCc1nc(C(C)C)cs1)NCC#Cc1cccc(C(F)(F)F)c1. The number of aromatic nitrogens is 1. The van der Waals surface area contributed by atoms with Gasteiger partial charge in [-0.15, -0.1) is 11.3 Å². The van der Waals surface area contributed by atoms with Crippen LogP contribution in [0.4, 0.5) is 13.2 Å². The number of benzene rings is 1. The minimum Gasteiger partial charge on any atom is -0.357 e. The van der Waals surface area contributed by atoms with Crippen LogP contribution in [0, 0.1) is 11.8 Å². The van der Waals surface area contributed by atoms with Gasteiger partial charge in [-0.05, 0) is 31.0 Å². The molecule has 0 saturated carbocycles. The Kier molecular flexibility index (Phi) is 7.88. The highest BCUT2D eigenvalue weighted by atomic mass is 32.1. The van der Waals surface area contributed by atoms with Crippen LogP contribution in [-0.2, 0) is 12.7 Å². The first kappa shape index (κ1) is 21.8. The molecule has 1 aromatic carbocycles. The number of nitrogens with zero attached hydrogens (tertiary/aromatic N) is 2. The van der Waals surface area contributed by atoms with Crippen LogP contribution in [0.2, 0.25) is 0 Å². The number of aliphatic imine (C=N–C) groups is 1. The molecule has 1 aromatic heterocycles. The molecule has 28 heavy (non-hydrogen) atoms. The Hall–Kier alpha value is -2.53. The minimum atomic E-state index is -4.37. The van der Waals surface area contributed by atoms with Crippen LogP contribution < -0.4 is 10.6 Å². The van der Waals surface area contributed by atoms with Crippen molar-refractivity contribution in [3.8, 4) is 11.8 Å². The van der Waals surface area contributed by atoms with Gasteiger partial charge in [0, 0.05) is 17.5 Å². The van der Waals surface area contributed by atoms with Gasteiger partial charge >= 0.3 is 6.18 Å². The molecule has 0 radical (unpaired) electrons. The summed E-state index contributed by atoms with van der Waals surface area (Å²) in [6, 6.07) is 4.98. The molecule has 0 atom stereocenters. The lowest BCUT2D eigenvalue weighted by Gasteiger charge is -2.08. The second-order valence-corrected chi connectivity index (χ2v) is 7.19. The Morgan fingerprint density at radius 1 is 1.29 bits per heavy atom. The predicted octanol–water partition coefficient (Wildman–Crippen LogP) is 4.39. The smallest absolute Gasteiger partial charge is 0.357 e. The Bertz CT molecular complexity index is 860. The van der Waals surface area contributed by atoms with E-state index in [-0.39, 0.29) is 6.54 Å². The maximum atomic E-state index is 12.7. The summed E-state index contributed by atoms with van der Waals surface area (Å²) in [5.41, 5.74) is 0.675. The zero-order chi connectivity index (χ0) is 20.6. The Balaban J connectivity index is 1.95. The largest absolute Gasteiger partial charge is 0.416 e. The van der Waals surface area contributed by atoms with Gasteiger partial charge in [0.15, 0.2) is 5.96 Å². The number of thiazole rings is 1. The summed E-state index contributed by atoms with van der Waals surface area (Å²) in [5, 5.41) is 9.13. The summed E-state index contributed by atoms with van der Waals surface area (Å²) >= 11 is 1.57. The van der Waals surface area contributed by atoms with Crippen LogP contribution in [0.1, 0.15) is 48.5 Å². The monoisotopic (exact) mass is 408 g/mol. The zero-order valence-corrected chi connectivity index (χ0v) is 16.8. The number of hydrogen-bond acceptors (Lipinski definition) is 3. The van der Waals surface area contributed by atoms with Gasteiger partial charge in [-0.2, -0.15) is 13.2 Å². The molecular formula is C20H23F3N4S. The van der Waals surface area contributed by atoms with Crippen molar-refractivity contribution < 1.29 is 13.2 Å². The summed E-state index contributed by atoms with van der Waals surface area (Å²) in [7, 11) is 0. The first-order chi connectivity index (χ1) is 13.3. The van der Waals surface area contributed by atoms with E-state index < -0.39 is 11.7 Å². The average Bonchev–Trinajstić information content (AvgIpc) is 3.12. The molecule has 0 spiro atoms. The fourth-order valence-corrected chi connectivity index (χ4v) is 3.08. The van der Waals surface area contributed by atoms with Crippen LogP contribution in [0.3, 0.4) is 0 Å². The lowest BCUT2D eigenvalue weighted by Crippen LogP contribution is -2.37. The lowest BCUT2D eigenvalue weighted by molar-refractivity contribution is -0.137. The number of halogens is 3. The number of rotatable bonds is 5. The highest BCUT2D eigenvalue weighted by Gasteiger charge is 2.30. The normalized spacial score (nSPS) is 11.9. The number of hydrogen-bond donors (Lipinski definition) is 2. The van der Waals surface area contributed by atoms with Gasteiger partial charge in [-0.3, -0.25) is 0 Å². The number of nitrogens with one attached hydrogen (secondary N) is 2. The van der Waals surface area contributed by atoms with Crippen LogP contribution in [-0.4, -0.2) is 24.0 Å². The van der Waals surface area contributed by atoms with Gasteiger partial charge in [-0.1, -0.05) is 31.8 Å². The first-order valence-corrected chi connectivity index (χ1v) is 9.80. The van der Waals surface area contributed by atoms with Crippen LogP contribution in [0.5, 0.6) is 0 Å². The second kappa shape index (κ2) is 10.1. The van der Waals surface area contributed by atoms with E-state index in [4.69, 9.17) is 0 Å². The van der Waals surface area contributed by atoms with Crippen molar-refractivity contribution in [1.82, 2.24) is 15.6 Å². The third-order valence-corrected chi connectivity index (χ3v) is 4.50. The highest BCUT2D eigenvalue weighted by molar-refractivity contribution is 7.09. The molecule has 0 bridgehead atoms. The molecule has 0 aliphatic carbocycles. The second-order valence-electron chi connectivity index (χ2n) is 6.25. The molecule has 0 aliphatic rings. The van der Waals surface area contributed by atoms with Crippen LogP contribution in [0.25, 0.3) is 0 Å². The highest BCUT2D eigenvalue weighted by Crippen LogP contribution is 2.29. The fraction of sp³-hybridized carbons (Fsp3) is 0.400. The molecule has 8 heteroatoms.